The van der Waals surface area contributed by atoms with Crippen LogP contribution in [0.15, 0.2) is 17.0 Å². The van der Waals surface area contributed by atoms with Gasteiger partial charge in [0.1, 0.15) is 11.4 Å². The van der Waals surface area contributed by atoms with Crippen molar-refractivity contribution in [2.24, 2.45) is 0 Å². The van der Waals surface area contributed by atoms with Crippen molar-refractivity contribution < 1.29 is 31.5 Å². The van der Waals surface area contributed by atoms with Gasteiger partial charge in [-0.25, -0.2) is 21.6 Å². The van der Waals surface area contributed by atoms with Crippen LogP contribution in [-0.4, -0.2) is 36.9 Å². The predicted molar refractivity (Wildman–Crippen MR) is 58.4 cm³/mol. The van der Waals surface area contributed by atoms with Crippen LogP contribution in [0.1, 0.15) is 6.92 Å². The van der Waals surface area contributed by atoms with Crippen molar-refractivity contribution in [2.45, 2.75) is 11.8 Å². The Bertz CT molecular complexity index is 603. The monoisotopic (exact) mass is 297 g/mol. The lowest BCUT2D eigenvalue weighted by Crippen LogP contribution is -2.36. The number of benzene rings is 1. The molecule has 19 heavy (non-hydrogen) atoms. The fourth-order valence-electron chi connectivity index (χ4n) is 1.36. The summed E-state index contributed by atoms with van der Waals surface area (Å²) in [5.41, 5.74) is 0. The number of nitrogens with zero attached hydrogens (tertiary/aromatic N) is 1. The third kappa shape index (κ3) is 3.04. The third-order valence-corrected chi connectivity index (χ3v) is 4.22. The highest BCUT2D eigenvalue weighted by Crippen LogP contribution is 2.22. The first-order chi connectivity index (χ1) is 8.71. The predicted octanol–water partition coefficient (Wildman–Crippen LogP) is 1.20. The fourth-order valence-corrected chi connectivity index (χ4v) is 2.82. The Labute approximate surface area is 107 Å². The number of halogens is 3. The molecule has 0 saturated carbocycles. The number of aliphatic carboxylic acids is 1. The van der Waals surface area contributed by atoms with Crippen molar-refractivity contribution in [3.63, 3.8) is 0 Å². The Morgan fingerprint density at radius 3 is 2.32 bits per heavy atom. The summed E-state index contributed by atoms with van der Waals surface area (Å²) >= 11 is 0. The number of carboxylic acid groups (broad SMARTS) is 1. The Kier molecular flexibility index (Phi) is 4.53. The van der Waals surface area contributed by atoms with E-state index in [1.807, 2.05) is 0 Å². The molecule has 0 spiro atoms. The molecular weight excluding hydrogens is 287 g/mol. The molecule has 0 atom stereocenters. The number of sulfonamides is 1. The molecule has 0 unspecified atom stereocenters. The highest BCUT2D eigenvalue weighted by Gasteiger charge is 2.30. The second-order valence-corrected chi connectivity index (χ2v) is 5.40. The van der Waals surface area contributed by atoms with Gasteiger partial charge in [-0.1, -0.05) is 6.92 Å². The zero-order valence-electron chi connectivity index (χ0n) is 9.73. The Morgan fingerprint density at radius 1 is 1.26 bits per heavy atom. The second kappa shape index (κ2) is 5.57. The summed E-state index contributed by atoms with van der Waals surface area (Å²) in [7, 11) is -4.55. The van der Waals surface area contributed by atoms with Crippen LogP contribution in [0.3, 0.4) is 0 Å². The van der Waals surface area contributed by atoms with Gasteiger partial charge in [-0.3, -0.25) is 4.79 Å². The van der Waals surface area contributed by atoms with Crippen LogP contribution in [0.25, 0.3) is 0 Å². The molecule has 1 rings (SSSR count). The average Bonchev–Trinajstić information content (AvgIpc) is 2.32. The van der Waals surface area contributed by atoms with Crippen LogP contribution >= 0.6 is 0 Å². The van der Waals surface area contributed by atoms with Crippen LogP contribution in [0.5, 0.6) is 0 Å². The van der Waals surface area contributed by atoms with E-state index < -0.39 is 44.9 Å². The van der Waals surface area contributed by atoms with Gasteiger partial charge in [0.05, 0.1) is 0 Å². The average molecular weight is 297 g/mol. The van der Waals surface area contributed by atoms with E-state index in [2.05, 4.69) is 0 Å². The number of rotatable bonds is 5. The molecule has 1 aromatic rings. The van der Waals surface area contributed by atoms with Gasteiger partial charge >= 0.3 is 5.97 Å². The first kappa shape index (κ1) is 15.4. The summed E-state index contributed by atoms with van der Waals surface area (Å²) in [5, 5.41) is 8.56. The summed E-state index contributed by atoms with van der Waals surface area (Å²) in [6.45, 7) is 0.169. The SMILES string of the molecule is CCN(CC(=O)O)S(=O)(=O)c1ccc(F)c(F)c1F. The van der Waals surface area contributed by atoms with Gasteiger partial charge < -0.3 is 5.11 Å². The van der Waals surface area contributed by atoms with Gasteiger partial charge in [0, 0.05) is 6.54 Å². The molecule has 0 aliphatic carbocycles. The highest BCUT2D eigenvalue weighted by atomic mass is 32.2. The number of hydrogen-bond acceptors (Lipinski definition) is 3. The minimum Gasteiger partial charge on any atom is -0.480 e. The molecule has 106 valence electrons. The molecule has 0 fully saturated rings. The van der Waals surface area contributed by atoms with Crippen LogP contribution < -0.4 is 0 Å². The summed E-state index contributed by atoms with van der Waals surface area (Å²) in [6.07, 6.45) is 0. The molecule has 0 radical (unpaired) electrons. The molecule has 0 amide bonds. The maximum absolute atomic E-state index is 13.4. The molecule has 0 aromatic heterocycles. The minimum atomic E-state index is -4.55. The summed E-state index contributed by atoms with van der Waals surface area (Å²) in [5.74, 6) is -6.78. The Hall–Kier alpha value is -1.61. The topological polar surface area (TPSA) is 74.7 Å². The Balaban J connectivity index is 3.34. The van der Waals surface area contributed by atoms with Crippen molar-refractivity contribution in [2.75, 3.05) is 13.1 Å². The van der Waals surface area contributed by atoms with Crippen molar-refractivity contribution in [3.8, 4) is 0 Å². The number of carboxylic acids is 1. The van der Waals surface area contributed by atoms with Crippen molar-refractivity contribution in [1.29, 1.82) is 0 Å². The maximum Gasteiger partial charge on any atom is 0.318 e. The lowest BCUT2D eigenvalue weighted by molar-refractivity contribution is -0.137. The smallest absolute Gasteiger partial charge is 0.318 e. The third-order valence-electron chi connectivity index (χ3n) is 2.28. The molecule has 0 saturated heterocycles. The molecule has 0 aliphatic heterocycles. The molecule has 0 aliphatic rings. The van der Waals surface area contributed by atoms with E-state index in [9.17, 15) is 26.4 Å². The minimum absolute atomic E-state index is 0.257. The van der Waals surface area contributed by atoms with E-state index in [4.69, 9.17) is 5.11 Å². The van der Waals surface area contributed by atoms with Crippen LogP contribution in [-0.2, 0) is 14.8 Å². The van der Waals surface area contributed by atoms with Crippen molar-refractivity contribution >= 4 is 16.0 Å². The summed E-state index contributed by atoms with van der Waals surface area (Å²) < 4.78 is 63.4. The number of carbonyl (C=O) groups is 1. The van der Waals surface area contributed by atoms with Gasteiger partial charge in [-0.2, -0.15) is 4.31 Å². The van der Waals surface area contributed by atoms with E-state index >= 15 is 0 Å². The molecule has 5 nitrogen and oxygen atoms in total. The number of likely N-dealkylation sites (N-methyl/N-ethyl adjacent to an activating group) is 1. The van der Waals surface area contributed by atoms with E-state index in [-0.39, 0.29) is 6.54 Å². The quantitative estimate of drug-likeness (QED) is 0.829. The maximum atomic E-state index is 13.4. The molecule has 0 heterocycles. The van der Waals surface area contributed by atoms with E-state index in [0.29, 0.717) is 16.4 Å². The van der Waals surface area contributed by atoms with Crippen LogP contribution in [0.4, 0.5) is 13.2 Å². The number of hydrogen-bond donors (Lipinski definition) is 1. The van der Waals surface area contributed by atoms with Gasteiger partial charge in [0.2, 0.25) is 10.0 Å². The van der Waals surface area contributed by atoms with Crippen molar-refractivity contribution in [1.82, 2.24) is 4.31 Å². The summed E-state index contributed by atoms with van der Waals surface area (Å²) in [4.78, 5) is 9.42. The summed E-state index contributed by atoms with van der Waals surface area (Å²) in [6, 6.07) is 1.01. The second-order valence-electron chi connectivity index (χ2n) is 3.50. The molecule has 1 N–H and O–H groups in total. The van der Waals surface area contributed by atoms with E-state index in [0.717, 1.165) is 0 Å². The van der Waals surface area contributed by atoms with Crippen molar-refractivity contribution in [3.05, 3.63) is 29.6 Å². The molecular formula is C10H10F3NO4S. The van der Waals surface area contributed by atoms with E-state index in [1.165, 1.54) is 6.92 Å². The van der Waals surface area contributed by atoms with Crippen LogP contribution in [0, 0.1) is 17.5 Å². The first-order valence-electron chi connectivity index (χ1n) is 5.07. The fraction of sp³-hybridized carbons (Fsp3) is 0.300. The van der Waals surface area contributed by atoms with Crippen LogP contribution in [0.2, 0.25) is 0 Å². The van der Waals surface area contributed by atoms with Gasteiger partial charge in [0.15, 0.2) is 17.5 Å². The zero-order valence-corrected chi connectivity index (χ0v) is 10.5. The highest BCUT2D eigenvalue weighted by molar-refractivity contribution is 7.89. The van der Waals surface area contributed by atoms with E-state index in [1.54, 1.807) is 0 Å². The zero-order chi connectivity index (χ0) is 14.8. The first-order valence-corrected chi connectivity index (χ1v) is 6.51. The molecule has 1 aromatic carbocycles. The molecule has 0 bridgehead atoms. The van der Waals surface area contributed by atoms with Gasteiger partial charge in [-0.15, -0.1) is 0 Å². The largest absolute Gasteiger partial charge is 0.480 e. The normalized spacial score (nSPS) is 11.8. The van der Waals surface area contributed by atoms with Gasteiger partial charge in [0.25, 0.3) is 0 Å². The lowest BCUT2D eigenvalue weighted by Gasteiger charge is -2.18. The lowest BCUT2D eigenvalue weighted by atomic mass is 10.3. The van der Waals surface area contributed by atoms with Gasteiger partial charge in [-0.05, 0) is 12.1 Å². The molecule has 9 heteroatoms. The standard InChI is InChI=1S/C10H10F3NO4S/c1-2-14(5-8(15)16)19(17,18)7-4-3-6(11)9(12)10(7)13/h3-4H,2,5H2,1H3,(H,15,16). The Morgan fingerprint density at radius 2 is 1.84 bits per heavy atom.